The molecule has 3 aliphatic carbocycles. The summed E-state index contributed by atoms with van der Waals surface area (Å²) >= 11 is 0. The third kappa shape index (κ3) is 12.4. The van der Waals surface area contributed by atoms with E-state index in [0.717, 1.165) is 25.0 Å². The van der Waals surface area contributed by atoms with Crippen LogP contribution in [-0.4, -0.2) is 124 Å². The first-order valence-electron chi connectivity index (χ1n) is 27.3. The molecule has 2 bridgehead atoms. The predicted molar refractivity (Wildman–Crippen MR) is 293 cm³/mol. The average Bonchev–Trinajstić information content (AvgIpc) is 2.25. The summed E-state index contributed by atoms with van der Waals surface area (Å²) in [5.74, 6) is -7.62. The van der Waals surface area contributed by atoms with Crippen molar-refractivity contribution >= 4 is 69.1 Å². The van der Waals surface area contributed by atoms with Gasteiger partial charge in [-0.05, 0) is 80.5 Å². The van der Waals surface area contributed by atoms with Crippen LogP contribution in [0.15, 0.2) is 102 Å². The quantitative estimate of drug-likeness (QED) is 0.0229. The van der Waals surface area contributed by atoms with Gasteiger partial charge in [0.1, 0.15) is 35.7 Å². The summed E-state index contributed by atoms with van der Waals surface area (Å²) in [5.41, 5.74) is -6.06. The van der Waals surface area contributed by atoms with Crippen LogP contribution in [0.3, 0.4) is 0 Å². The van der Waals surface area contributed by atoms with Gasteiger partial charge in [-0.25, -0.2) is 9.59 Å². The fourth-order valence-electron chi connectivity index (χ4n) is 12.6. The van der Waals surface area contributed by atoms with Gasteiger partial charge in [0.15, 0.2) is 5.60 Å². The second kappa shape index (κ2) is 25.4. The minimum absolute atomic E-state index is 0.0864. The van der Waals surface area contributed by atoms with Gasteiger partial charge in [-0.15, -0.1) is 0 Å². The molecule has 2 unspecified atom stereocenters. The van der Waals surface area contributed by atoms with Gasteiger partial charge < -0.3 is 48.7 Å². The number of Topliss-reactive ketones (excluding diaryl/α,β-unsaturated/α-hetero) is 1. The van der Waals surface area contributed by atoms with E-state index in [1.807, 2.05) is 21.6 Å². The van der Waals surface area contributed by atoms with E-state index in [9.17, 15) is 39.0 Å². The number of fused-ring (bicyclic) bond motifs is 5. The third-order valence-corrected chi connectivity index (χ3v) is 19.9. The highest BCUT2D eigenvalue weighted by Gasteiger charge is 2.77. The zero-order valence-corrected chi connectivity index (χ0v) is 47.5. The molecular weight excluding hydrogens is 1070 g/mol. The highest BCUT2D eigenvalue weighted by Crippen LogP contribution is 2.65. The molecule has 8 rings (SSSR count). The first-order valence-corrected chi connectivity index (χ1v) is 29.6. The predicted octanol–water partition coefficient (Wildman–Crippen LogP) is 7.92. The molecule has 0 radical (unpaired) electrons. The Bertz CT molecular complexity index is 2810. The summed E-state index contributed by atoms with van der Waals surface area (Å²) in [6.45, 7) is 8.48. The number of unbranched alkanes of at least 4 members (excludes halogenated alkanes) is 1. The van der Waals surface area contributed by atoms with Crippen molar-refractivity contribution in [3.63, 3.8) is 0 Å². The average molecular weight is 1140 g/mol. The van der Waals surface area contributed by atoms with E-state index in [0.29, 0.717) is 28.4 Å². The van der Waals surface area contributed by atoms with Crippen molar-refractivity contribution in [3.8, 4) is 0 Å². The number of aliphatic hydroxyl groups excluding tert-OH is 1. The molecular formula is C60H71NO17S2. The number of carbonyl (C=O) groups excluding carboxylic acids is 8. The topological polar surface area (TPSA) is 254 Å². The van der Waals surface area contributed by atoms with Crippen LogP contribution in [0.1, 0.15) is 138 Å². The maximum Gasteiger partial charge on any atom is 0.350 e. The van der Waals surface area contributed by atoms with Gasteiger partial charge in [-0.3, -0.25) is 28.8 Å². The van der Waals surface area contributed by atoms with Gasteiger partial charge in [0.25, 0.3) is 5.91 Å². The second-order valence-corrected chi connectivity index (χ2v) is 24.9. The summed E-state index contributed by atoms with van der Waals surface area (Å²) in [6.07, 6.45) is -5.13. The number of carbonyl (C=O) groups is 8. The van der Waals surface area contributed by atoms with Crippen molar-refractivity contribution in [2.24, 2.45) is 22.7 Å². The zero-order valence-electron chi connectivity index (χ0n) is 45.9. The Morgan fingerprint density at radius 3 is 2.02 bits per heavy atom. The normalized spacial score (nSPS) is 29.1. The molecule has 2 saturated carbocycles. The monoisotopic (exact) mass is 1140 g/mol. The maximum absolute atomic E-state index is 15.6. The summed E-state index contributed by atoms with van der Waals surface area (Å²) < 4.78 is 41.3. The summed E-state index contributed by atoms with van der Waals surface area (Å²) in [5, 5.41) is 29.6. The molecule has 2 aliphatic heterocycles. The lowest BCUT2D eigenvalue weighted by Crippen LogP contribution is -2.81. The Hall–Kier alpha value is -6.06. The highest BCUT2D eigenvalue weighted by atomic mass is 33.1. The standard InChI is InChI=1S/C60H71NO17S2/c1-35-42(32-60(71)53(77-55(69)40-23-14-9-15-24-40)51-58(6,52(67)36(2)48(35)57(60,4)5)43(63)31-44-59(51,33-72-44)78-37(3)62)75-56(70)50(49(38-19-10-7-11-20-38)61-54(68)39-21-12-8-13-22-39)76-47(66)28-18-27-46(65)74-34-73-45(64)26-17-16-25-41-29-30-79-80-41/h7-15,19-24,36,41-44,49-51,53,63,71H,16-18,25-34H2,1-6H3,(H,61,68)/t36-,41?,42+,43+,44?,49+,50-,51+,53+,58-,59+,60-/m1/s1. The van der Waals surface area contributed by atoms with Crippen LogP contribution < -0.4 is 5.32 Å². The van der Waals surface area contributed by atoms with Gasteiger partial charge >= 0.3 is 35.8 Å². The molecule has 3 aromatic carbocycles. The Balaban J connectivity index is 1.09. The summed E-state index contributed by atoms with van der Waals surface area (Å²) in [7, 11) is 3.74. The minimum Gasteiger partial charge on any atom is -0.455 e. The van der Waals surface area contributed by atoms with Crippen molar-refractivity contribution in [2.45, 2.75) is 159 Å². The molecule has 2 heterocycles. The van der Waals surface area contributed by atoms with Gasteiger partial charge in [0.2, 0.25) is 12.9 Å². The molecule has 0 spiro atoms. The van der Waals surface area contributed by atoms with Gasteiger partial charge in [-0.1, -0.05) is 116 Å². The lowest BCUT2D eigenvalue weighted by molar-refractivity contribution is -0.345. The third-order valence-electron chi connectivity index (χ3n) is 16.8. The van der Waals surface area contributed by atoms with Crippen LogP contribution in [0.2, 0.25) is 0 Å². The fourth-order valence-corrected chi connectivity index (χ4v) is 15.7. The van der Waals surface area contributed by atoms with Gasteiger partial charge in [-0.2, -0.15) is 0 Å². The van der Waals surface area contributed by atoms with E-state index < -0.39 is 138 Å². The van der Waals surface area contributed by atoms with Crippen LogP contribution in [0.5, 0.6) is 0 Å². The van der Waals surface area contributed by atoms with Crippen molar-refractivity contribution in [1.29, 1.82) is 0 Å². The van der Waals surface area contributed by atoms with E-state index in [2.05, 4.69) is 5.32 Å². The van der Waals surface area contributed by atoms with Crippen LogP contribution in [0, 0.1) is 22.7 Å². The van der Waals surface area contributed by atoms with Crippen molar-refractivity contribution in [3.05, 3.63) is 119 Å². The Morgan fingerprint density at radius 2 is 1.43 bits per heavy atom. The Labute approximate surface area is 473 Å². The number of esters is 6. The largest absolute Gasteiger partial charge is 0.455 e. The highest BCUT2D eigenvalue weighted by molar-refractivity contribution is 8.77. The van der Waals surface area contributed by atoms with Crippen molar-refractivity contribution in [2.75, 3.05) is 19.2 Å². The van der Waals surface area contributed by atoms with Crippen LogP contribution in [0.25, 0.3) is 0 Å². The van der Waals surface area contributed by atoms with Gasteiger partial charge in [0, 0.05) is 66.9 Å². The maximum atomic E-state index is 15.6. The molecule has 0 aromatic heterocycles. The molecule has 430 valence electrons. The number of nitrogens with one attached hydrogen (secondary N) is 1. The summed E-state index contributed by atoms with van der Waals surface area (Å²) in [6, 6.07) is 22.9. The number of amides is 1. The minimum atomic E-state index is -2.31. The second-order valence-electron chi connectivity index (χ2n) is 22.1. The SMILES string of the molecule is CC(=O)O[C@@]12COC1C[C@H](O)[C@@]1(C)C(=O)[C@H](C)C3=C(C)[C@@H](OC(=O)[C@H](OC(=O)CCCC(=O)OCOC(=O)CCCCC4CCSS4)[C@@H](NC(=O)c4ccccc4)c4ccccc4)C[C@@](O)([C@@H](OC(=O)c4ccccc4)[C@@H]12)C3(C)C. The van der Waals surface area contributed by atoms with Crippen LogP contribution >= 0.6 is 21.6 Å². The van der Waals surface area contributed by atoms with Crippen LogP contribution in [0.4, 0.5) is 0 Å². The molecule has 3 aromatic rings. The molecule has 1 amide bonds. The number of hydrogen-bond donors (Lipinski definition) is 3. The lowest BCUT2D eigenvalue weighted by atomic mass is 9.43. The van der Waals surface area contributed by atoms with E-state index in [4.69, 9.17) is 33.2 Å². The van der Waals surface area contributed by atoms with E-state index >= 15 is 9.59 Å². The number of hydrogen-bond acceptors (Lipinski definition) is 19. The van der Waals surface area contributed by atoms with Crippen molar-refractivity contribution < 1.29 is 81.7 Å². The number of ketones is 1. The molecule has 5 aliphatic rings. The molecule has 12 atom stereocenters. The first-order chi connectivity index (χ1) is 38.1. The fraction of sp³-hybridized carbons (Fsp3) is 0.533. The molecule has 3 N–H and O–H groups in total. The Kier molecular flexibility index (Phi) is 19.1. The van der Waals surface area contributed by atoms with Crippen LogP contribution in [-0.2, 0) is 61.9 Å². The first kappa shape index (κ1) is 60.0. The number of benzene rings is 3. The van der Waals surface area contributed by atoms with E-state index in [-0.39, 0.29) is 43.4 Å². The molecule has 4 fully saturated rings. The number of ether oxygens (including phenoxy) is 7. The smallest absolute Gasteiger partial charge is 0.350 e. The summed E-state index contributed by atoms with van der Waals surface area (Å²) in [4.78, 5) is 112. The molecule has 20 heteroatoms. The van der Waals surface area contributed by atoms with Gasteiger partial charge in [0.05, 0.1) is 29.6 Å². The zero-order chi connectivity index (χ0) is 57.6. The molecule has 80 heavy (non-hydrogen) atoms. The molecule has 18 nitrogen and oxygen atoms in total. The van der Waals surface area contributed by atoms with E-state index in [1.54, 1.807) is 107 Å². The lowest BCUT2D eigenvalue weighted by Gasteiger charge is -2.67. The number of rotatable bonds is 21. The van der Waals surface area contributed by atoms with E-state index in [1.165, 1.54) is 26.0 Å². The Morgan fingerprint density at radius 1 is 0.812 bits per heavy atom. The molecule has 2 saturated heterocycles. The number of aliphatic hydroxyl groups is 2. The van der Waals surface area contributed by atoms with Crippen molar-refractivity contribution in [1.82, 2.24) is 5.32 Å².